The van der Waals surface area contributed by atoms with Crippen LogP contribution in [0.25, 0.3) is 91.8 Å². The molecule has 0 fully saturated rings. The highest BCUT2D eigenvalue weighted by atomic mass is 15.4. The average molecular weight is 839 g/mol. The van der Waals surface area contributed by atoms with Crippen LogP contribution in [-0.4, -0.2) is 5.66 Å². The zero-order valence-electron chi connectivity index (χ0n) is 36.2. The molecule has 0 spiro atoms. The Bertz CT molecular complexity index is 3830. The first kappa shape index (κ1) is 37.0. The van der Waals surface area contributed by atoms with Crippen LogP contribution in [0.4, 0.5) is 22.7 Å². The Morgan fingerprint density at radius 3 is 1.06 bits per heavy atom. The molecule has 0 N–H and O–H groups in total. The van der Waals surface area contributed by atoms with Crippen molar-refractivity contribution in [2.75, 3.05) is 9.80 Å². The quantitative estimate of drug-likeness (QED) is 0.0896. The molecule has 0 saturated carbocycles. The third-order valence-electron chi connectivity index (χ3n) is 14.5. The van der Waals surface area contributed by atoms with Gasteiger partial charge in [-0.25, -0.2) is 0 Å². The predicted molar refractivity (Wildman–Crippen MR) is 283 cm³/mol. The number of benzene rings is 13. The topological polar surface area (TPSA) is 6.48 Å². The third-order valence-corrected chi connectivity index (χ3v) is 14.5. The van der Waals surface area contributed by atoms with E-state index in [1.165, 1.54) is 97.3 Å². The van der Waals surface area contributed by atoms with E-state index in [-0.39, 0.29) is 0 Å². The molecule has 14 rings (SSSR count). The van der Waals surface area contributed by atoms with E-state index in [1.807, 2.05) is 0 Å². The van der Waals surface area contributed by atoms with Crippen LogP contribution in [0, 0.1) is 0 Å². The number of nitrogens with zero attached hydrogens (tertiary/aromatic N) is 2. The summed E-state index contributed by atoms with van der Waals surface area (Å²) in [4.78, 5) is 5.25. The van der Waals surface area contributed by atoms with Crippen molar-refractivity contribution < 1.29 is 0 Å². The van der Waals surface area contributed by atoms with Crippen LogP contribution in [0.15, 0.2) is 243 Å². The largest absolute Gasteiger partial charge is 0.314 e. The summed E-state index contributed by atoms with van der Waals surface area (Å²) >= 11 is 0. The molecule has 2 heteroatoms. The van der Waals surface area contributed by atoms with Crippen LogP contribution in [-0.2, 0) is 0 Å². The van der Waals surface area contributed by atoms with Gasteiger partial charge in [0.25, 0.3) is 0 Å². The predicted octanol–water partition coefficient (Wildman–Crippen LogP) is 17.5. The number of para-hydroxylation sites is 2. The zero-order valence-corrected chi connectivity index (χ0v) is 36.2. The lowest BCUT2D eigenvalue weighted by Crippen LogP contribution is -2.57. The number of anilines is 4. The fraction of sp³-hybridized carbons (Fsp3) is 0.0312. The van der Waals surface area contributed by atoms with Gasteiger partial charge in [0.05, 0.1) is 0 Å². The molecule has 2 nitrogen and oxygen atoms in total. The van der Waals surface area contributed by atoms with Crippen molar-refractivity contribution in [2.24, 2.45) is 0 Å². The van der Waals surface area contributed by atoms with Crippen molar-refractivity contribution in [3.8, 4) is 0 Å². The van der Waals surface area contributed by atoms with E-state index >= 15 is 0 Å². The first-order chi connectivity index (χ1) is 32.7. The first-order valence-electron chi connectivity index (χ1n) is 23.1. The molecule has 0 saturated heterocycles. The Kier molecular flexibility index (Phi) is 7.99. The molecule has 1 aliphatic carbocycles. The van der Waals surface area contributed by atoms with Gasteiger partial charge in [-0.05, 0) is 152 Å². The van der Waals surface area contributed by atoms with Crippen LogP contribution in [0.5, 0.6) is 0 Å². The number of hydrogen-bond donors (Lipinski definition) is 0. The fourth-order valence-corrected chi connectivity index (χ4v) is 11.8. The van der Waals surface area contributed by atoms with Gasteiger partial charge in [0.1, 0.15) is 5.66 Å². The Morgan fingerprint density at radius 2 is 0.667 bits per heavy atom. The Hall–Kier alpha value is -8.46. The van der Waals surface area contributed by atoms with E-state index in [9.17, 15) is 0 Å². The molecule has 0 bridgehead atoms. The van der Waals surface area contributed by atoms with Crippen molar-refractivity contribution in [1.29, 1.82) is 0 Å². The van der Waals surface area contributed by atoms with Gasteiger partial charge in [-0.15, -0.1) is 0 Å². The second kappa shape index (κ2) is 14.3. The molecule has 0 amide bonds. The summed E-state index contributed by atoms with van der Waals surface area (Å²) in [7, 11) is 0. The minimum atomic E-state index is -0.784. The molecule has 1 aliphatic rings. The van der Waals surface area contributed by atoms with Gasteiger partial charge in [-0.3, -0.25) is 0 Å². The average Bonchev–Trinajstić information content (AvgIpc) is 3.38. The lowest BCUT2D eigenvalue weighted by atomic mass is 9.86. The molecule has 0 unspecified atom stereocenters. The maximum Gasteiger partial charge on any atom is 0.145 e. The molecule has 13 aromatic rings. The monoisotopic (exact) mass is 838 g/mol. The van der Waals surface area contributed by atoms with Gasteiger partial charge in [0, 0.05) is 29.2 Å². The second-order valence-corrected chi connectivity index (χ2v) is 18.0. The summed E-state index contributed by atoms with van der Waals surface area (Å²) in [5.41, 5.74) is 6.12. The van der Waals surface area contributed by atoms with Gasteiger partial charge in [-0.1, -0.05) is 188 Å². The molecule has 0 radical (unpaired) electrons. The molecule has 66 heavy (non-hydrogen) atoms. The van der Waals surface area contributed by atoms with Crippen molar-refractivity contribution in [2.45, 2.75) is 12.1 Å². The Morgan fingerprint density at radius 1 is 0.303 bits per heavy atom. The van der Waals surface area contributed by atoms with Gasteiger partial charge in [0.2, 0.25) is 0 Å². The highest BCUT2D eigenvalue weighted by molar-refractivity contribution is 6.35. The molecule has 0 atom stereocenters. The molecule has 0 aliphatic heterocycles. The molecule has 0 aromatic heterocycles. The molecular formula is C64H42N2. The maximum absolute atomic E-state index is 2.63. The van der Waals surface area contributed by atoms with Crippen molar-refractivity contribution in [1.82, 2.24) is 0 Å². The smallest absolute Gasteiger partial charge is 0.145 e. The van der Waals surface area contributed by atoms with E-state index < -0.39 is 5.66 Å². The molecule has 13 aromatic carbocycles. The zero-order chi connectivity index (χ0) is 43.3. The second-order valence-electron chi connectivity index (χ2n) is 18.0. The van der Waals surface area contributed by atoms with Gasteiger partial charge < -0.3 is 9.80 Å². The van der Waals surface area contributed by atoms with Crippen LogP contribution in [0.1, 0.15) is 12.0 Å². The highest BCUT2D eigenvalue weighted by Crippen LogP contribution is 2.51. The third kappa shape index (κ3) is 5.36. The number of allylic oxidation sites excluding steroid dienone is 2. The van der Waals surface area contributed by atoms with Crippen molar-refractivity contribution in [3.63, 3.8) is 0 Å². The SMILES string of the molecule is C1=CC(N(c2ccccc2)c2cc3cccc4c5cccc6cccc(c(c2)c34)c65)(N(c2ccccc2)c2cc3cccc4c5cccc6cccc(c(c2)c34)c65)CC=C1c1ccccc1. The summed E-state index contributed by atoms with van der Waals surface area (Å²) < 4.78 is 0. The number of fused-ring (bicyclic) bond motifs is 4. The number of hydrogen-bond acceptors (Lipinski definition) is 2. The summed E-state index contributed by atoms with van der Waals surface area (Å²) in [6.07, 6.45) is 8.00. The van der Waals surface area contributed by atoms with E-state index in [1.54, 1.807) is 0 Å². The minimum Gasteiger partial charge on any atom is -0.314 e. The van der Waals surface area contributed by atoms with Crippen LogP contribution >= 0.6 is 0 Å². The normalized spacial score (nSPS) is 13.8. The van der Waals surface area contributed by atoms with Crippen LogP contribution in [0.2, 0.25) is 0 Å². The van der Waals surface area contributed by atoms with E-state index in [4.69, 9.17) is 0 Å². The van der Waals surface area contributed by atoms with Crippen molar-refractivity contribution >= 4 is 115 Å². The lowest BCUT2D eigenvalue weighted by molar-refractivity contribution is 0.526. The van der Waals surface area contributed by atoms with E-state index in [2.05, 4.69) is 252 Å². The minimum absolute atomic E-state index is 0.690. The van der Waals surface area contributed by atoms with E-state index in [0.717, 1.165) is 22.7 Å². The van der Waals surface area contributed by atoms with Crippen molar-refractivity contribution in [3.05, 3.63) is 248 Å². The first-order valence-corrected chi connectivity index (χ1v) is 23.1. The summed E-state index contributed by atoms with van der Waals surface area (Å²) in [5, 5.41) is 20.5. The Labute approximate surface area is 382 Å². The van der Waals surface area contributed by atoms with Gasteiger partial charge >= 0.3 is 0 Å². The Balaban J connectivity index is 1.11. The number of rotatable bonds is 7. The lowest BCUT2D eigenvalue weighted by Gasteiger charge is -2.52. The highest BCUT2D eigenvalue weighted by Gasteiger charge is 2.44. The maximum atomic E-state index is 2.63. The van der Waals surface area contributed by atoms with Gasteiger partial charge in [-0.2, -0.15) is 0 Å². The van der Waals surface area contributed by atoms with Crippen LogP contribution < -0.4 is 9.80 Å². The summed E-state index contributed by atoms with van der Waals surface area (Å²) in [5.74, 6) is 0. The van der Waals surface area contributed by atoms with Crippen LogP contribution in [0.3, 0.4) is 0 Å². The van der Waals surface area contributed by atoms with Gasteiger partial charge in [0.15, 0.2) is 0 Å². The molecule has 0 heterocycles. The summed E-state index contributed by atoms with van der Waals surface area (Å²) in [6.45, 7) is 0. The molecular weight excluding hydrogens is 797 g/mol. The molecule has 308 valence electrons. The van der Waals surface area contributed by atoms with E-state index in [0.29, 0.717) is 6.42 Å². The summed E-state index contributed by atoms with van der Waals surface area (Å²) in [6, 6.07) is 83.6. The fourth-order valence-electron chi connectivity index (χ4n) is 11.8. The standard InChI is InChI=1S/C64H42N2/c1-4-16-42(17-5-1)43-34-36-64(37-35-43,65(48-24-6-2-7-25-48)50-38-46-22-14-30-54-52-28-10-18-44-20-12-32-56(60(44)52)58(40-50)62(46)54)66(49-26-8-3-9-27-49)51-39-47-23-15-31-55-53-29-11-19-45-21-13-33-57(61(45)53)59(41-51)63(47)55/h1-36,38-41H,37H2.